The number of carbonyl (C=O) groups is 5. The number of amides is 4. The second-order valence-electron chi connectivity index (χ2n) is 8.71. The predicted octanol–water partition coefficient (Wildman–Crippen LogP) is -1.75. The zero-order chi connectivity index (χ0) is 25.4. The van der Waals surface area contributed by atoms with Crippen LogP contribution in [0.5, 0.6) is 0 Å². The van der Waals surface area contributed by atoms with Crippen LogP contribution in [0, 0.1) is 5.92 Å². The van der Waals surface area contributed by atoms with Gasteiger partial charge >= 0.3 is 5.97 Å². The Morgan fingerprint density at radius 2 is 1.94 bits per heavy atom. The molecule has 2 rings (SSSR count). The van der Waals surface area contributed by atoms with Gasteiger partial charge in [0.1, 0.15) is 18.1 Å². The summed E-state index contributed by atoms with van der Waals surface area (Å²) in [6.07, 6.45) is 3.72. The molecular formula is C21H33N7O6. The molecule has 34 heavy (non-hydrogen) atoms. The Bertz CT molecular complexity index is 888. The maximum atomic E-state index is 13.1. The van der Waals surface area contributed by atoms with Gasteiger partial charge in [-0.05, 0) is 25.2 Å². The number of aromatic nitrogens is 2. The highest BCUT2D eigenvalue weighted by atomic mass is 16.4. The first-order valence-corrected chi connectivity index (χ1v) is 11.2. The Labute approximate surface area is 197 Å². The topological polar surface area (TPSA) is 214 Å². The number of carboxylic acids is 1. The Hall–Kier alpha value is -3.48. The minimum atomic E-state index is -1.17. The first-order valence-electron chi connectivity index (χ1n) is 11.2. The summed E-state index contributed by atoms with van der Waals surface area (Å²) in [7, 11) is 0. The summed E-state index contributed by atoms with van der Waals surface area (Å²) in [5.74, 6) is -3.97. The molecule has 0 spiro atoms. The third kappa shape index (κ3) is 7.27. The number of aromatic amines is 1. The van der Waals surface area contributed by atoms with Crippen LogP contribution in [0.15, 0.2) is 12.5 Å². The Kier molecular flexibility index (Phi) is 9.54. The zero-order valence-corrected chi connectivity index (χ0v) is 19.3. The Morgan fingerprint density at radius 3 is 2.50 bits per heavy atom. The van der Waals surface area contributed by atoms with Gasteiger partial charge in [-0.2, -0.15) is 0 Å². The molecule has 1 aromatic heterocycles. The number of nitrogens with zero attached hydrogens (tertiary/aromatic N) is 2. The van der Waals surface area contributed by atoms with Crippen LogP contribution in [0.2, 0.25) is 0 Å². The van der Waals surface area contributed by atoms with Crippen molar-refractivity contribution in [2.75, 3.05) is 6.54 Å². The van der Waals surface area contributed by atoms with Crippen molar-refractivity contribution in [3.8, 4) is 0 Å². The van der Waals surface area contributed by atoms with E-state index in [-0.39, 0.29) is 31.7 Å². The van der Waals surface area contributed by atoms with Crippen LogP contribution in [0.3, 0.4) is 0 Å². The van der Waals surface area contributed by atoms with E-state index < -0.39 is 53.8 Å². The second kappa shape index (κ2) is 12.1. The molecule has 2 heterocycles. The monoisotopic (exact) mass is 479 g/mol. The molecule has 0 aromatic carbocycles. The maximum Gasteiger partial charge on any atom is 0.326 e. The highest BCUT2D eigenvalue weighted by Gasteiger charge is 2.38. The van der Waals surface area contributed by atoms with Crippen molar-refractivity contribution in [3.63, 3.8) is 0 Å². The fourth-order valence-electron chi connectivity index (χ4n) is 3.81. The lowest BCUT2D eigenvalue weighted by Crippen LogP contribution is -2.58. The molecule has 1 saturated heterocycles. The molecule has 188 valence electrons. The van der Waals surface area contributed by atoms with Crippen LogP contribution in [0.4, 0.5) is 0 Å². The van der Waals surface area contributed by atoms with Crippen LogP contribution in [0.25, 0.3) is 0 Å². The molecule has 13 heteroatoms. The predicted molar refractivity (Wildman–Crippen MR) is 120 cm³/mol. The number of hydrogen-bond donors (Lipinski definition) is 6. The van der Waals surface area contributed by atoms with E-state index >= 15 is 0 Å². The average Bonchev–Trinajstić information content (AvgIpc) is 3.45. The van der Waals surface area contributed by atoms with E-state index in [4.69, 9.17) is 11.5 Å². The van der Waals surface area contributed by atoms with E-state index in [1.807, 2.05) is 0 Å². The quantitative estimate of drug-likeness (QED) is 0.202. The number of aliphatic carboxylic acids is 1. The number of rotatable bonds is 12. The van der Waals surface area contributed by atoms with Crippen LogP contribution < -0.4 is 22.1 Å². The lowest BCUT2D eigenvalue weighted by Gasteiger charge is -2.29. The Morgan fingerprint density at radius 1 is 1.24 bits per heavy atom. The van der Waals surface area contributed by atoms with E-state index in [0.717, 1.165) is 0 Å². The number of nitrogens with one attached hydrogen (secondary N) is 3. The van der Waals surface area contributed by atoms with Crippen LogP contribution >= 0.6 is 0 Å². The number of nitrogens with two attached hydrogens (primary N) is 2. The van der Waals surface area contributed by atoms with E-state index in [1.54, 1.807) is 13.8 Å². The summed E-state index contributed by atoms with van der Waals surface area (Å²) in [6, 6.07) is -4.13. The molecule has 1 aliphatic rings. The van der Waals surface area contributed by atoms with Gasteiger partial charge in [-0.25, -0.2) is 9.78 Å². The van der Waals surface area contributed by atoms with Gasteiger partial charge in [-0.3, -0.25) is 19.2 Å². The number of H-pyrrole nitrogens is 1. The van der Waals surface area contributed by atoms with E-state index in [2.05, 4.69) is 20.6 Å². The van der Waals surface area contributed by atoms with Crippen molar-refractivity contribution in [1.82, 2.24) is 25.5 Å². The number of imidazole rings is 1. The van der Waals surface area contributed by atoms with Gasteiger partial charge in [0, 0.05) is 31.3 Å². The summed E-state index contributed by atoms with van der Waals surface area (Å²) in [5, 5.41) is 14.6. The minimum Gasteiger partial charge on any atom is -0.480 e. The molecule has 0 radical (unpaired) electrons. The van der Waals surface area contributed by atoms with Crippen molar-refractivity contribution in [1.29, 1.82) is 0 Å². The van der Waals surface area contributed by atoms with Gasteiger partial charge in [-0.15, -0.1) is 0 Å². The van der Waals surface area contributed by atoms with Crippen molar-refractivity contribution in [3.05, 3.63) is 18.2 Å². The molecule has 4 unspecified atom stereocenters. The number of primary amides is 1. The minimum absolute atomic E-state index is 0.0964. The molecule has 4 amide bonds. The van der Waals surface area contributed by atoms with Crippen LogP contribution in [-0.2, 0) is 30.4 Å². The van der Waals surface area contributed by atoms with Crippen LogP contribution in [0.1, 0.15) is 45.2 Å². The molecule has 4 atom stereocenters. The lowest BCUT2D eigenvalue weighted by molar-refractivity contribution is -0.149. The van der Waals surface area contributed by atoms with E-state index in [0.29, 0.717) is 18.5 Å². The third-order valence-corrected chi connectivity index (χ3v) is 5.69. The normalized spacial score (nSPS) is 18.2. The zero-order valence-electron chi connectivity index (χ0n) is 19.3. The molecule has 0 saturated carbocycles. The Balaban J connectivity index is 2.11. The number of carboxylic acid groups (broad SMARTS) is 1. The molecule has 13 nitrogen and oxygen atoms in total. The number of hydrogen-bond acceptors (Lipinski definition) is 7. The van der Waals surface area contributed by atoms with Gasteiger partial charge < -0.3 is 37.1 Å². The molecular weight excluding hydrogens is 446 g/mol. The maximum absolute atomic E-state index is 13.1. The summed E-state index contributed by atoms with van der Waals surface area (Å²) < 4.78 is 0. The largest absolute Gasteiger partial charge is 0.480 e. The highest BCUT2D eigenvalue weighted by Crippen LogP contribution is 2.20. The molecule has 0 bridgehead atoms. The van der Waals surface area contributed by atoms with E-state index in [9.17, 15) is 29.1 Å². The number of carbonyl (C=O) groups excluding carboxylic acids is 4. The SMILES string of the molecule is CC(C)C(NC(=O)C(N)Cc1cnc[nH]1)C(=O)NC(CCC(N)=O)C(=O)N1CCCC1C(=O)O. The van der Waals surface area contributed by atoms with Gasteiger partial charge in [0.2, 0.25) is 23.6 Å². The number of likely N-dealkylation sites (tertiary alicyclic amines) is 1. The van der Waals surface area contributed by atoms with Gasteiger partial charge in [0.25, 0.3) is 0 Å². The molecule has 0 aliphatic carbocycles. The molecule has 1 aliphatic heterocycles. The third-order valence-electron chi connectivity index (χ3n) is 5.69. The lowest BCUT2D eigenvalue weighted by atomic mass is 10.0. The standard InChI is InChI=1S/C21H33N7O6/c1-11(2)17(27-18(30)13(22)8-12-9-24-10-25-12)19(31)26-14(5-6-16(23)29)20(32)28-7-3-4-15(28)21(33)34/h9-11,13-15,17H,3-8,22H2,1-2H3,(H2,23,29)(H,24,25)(H,26,31)(H,27,30)(H,33,34). The molecule has 1 aromatic rings. The van der Waals surface area contributed by atoms with Crippen molar-refractivity contribution < 1.29 is 29.1 Å². The van der Waals surface area contributed by atoms with Crippen molar-refractivity contribution in [2.45, 2.75) is 70.1 Å². The smallest absolute Gasteiger partial charge is 0.326 e. The first kappa shape index (κ1) is 26.8. The van der Waals surface area contributed by atoms with Gasteiger partial charge in [0.15, 0.2) is 0 Å². The van der Waals surface area contributed by atoms with Crippen molar-refractivity contribution in [2.24, 2.45) is 17.4 Å². The van der Waals surface area contributed by atoms with Crippen LogP contribution in [-0.4, -0.2) is 80.3 Å². The fourth-order valence-corrected chi connectivity index (χ4v) is 3.81. The van der Waals surface area contributed by atoms with Gasteiger partial charge in [-0.1, -0.05) is 13.8 Å². The highest BCUT2D eigenvalue weighted by molar-refractivity contribution is 5.94. The summed E-state index contributed by atoms with van der Waals surface area (Å²) >= 11 is 0. The van der Waals surface area contributed by atoms with Gasteiger partial charge in [0.05, 0.1) is 12.4 Å². The first-order chi connectivity index (χ1) is 16.0. The van der Waals surface area contributed by atoms with Crippen molar-refractivity contribution >= 4 is 29.6 Å². The fraction of sp³-hybridized carbons (Fsp3) is 0.619. The average molecular weight is 480 g/mol. The molecule has 8 N–H and O–H groups in total. The summed E-state index contributed by atoms with van der Waals surface area (Å²) in [4.78, 5) is 69.5. The van der Waals surface area contributed by atoms with E-state index in [1.165, 1.54) is 17.4 Å². The molecule has 1 fully saturated rings. The summed E-state index contributed by atoms with van der Waals surface area (Å²) in [6.45, 7) is 3.66. The second-order valence-corrected chi connectivity index (χ2v) is 8.71. The summed E-state index contributed by atoms with van der Waals surface area (Å²) in [5.41, 5.74) is 11.8.